The summed E-state index contributed by atoms with van der Waals surface area (Å²) >= 11 is 0. The molecule has 0 bridgehead atoms. The quantitative estimate of drug-likeness (QED) is 0.625. The molecule has 1 N–H and O–H groups in total. The van der Waals surface area contributed by atoms with Gasteiger partial charge >= 0.3 is 0 Å². The molecule has 1 aromatic heterocycles. The van der Waals surface area contributed by atoms with Crippen LogP contribution in [0.3, 0.4) is 0 Å². The molecule has 0 fully saturated rings. The van der Waals surface area contributed by atoms with E-state index in [9.17, 15) is 13.6 Å². The first-order chi connectivity index (χ1) is 13.3. The van der Waals surface area contributed by atoms with E-state index in [0.29, 0.717) is 16.9 Å². The van der Waals surface area contributed by atoms with Crippen molar-refractivity contribution in [2.75, 3.05) is 7.11 Å². The molecule has 0 saturated carbocycles. The topological polar surface area (TPSA) is 51.5 Å². The number of carbonyl (C=O) groups is 1. The van der Waals surface area contributed by atoms with Crippen molar-refractivity contribution in [3.05, 3.63) is 70.5 Å². The van der Waals surface area contributed by atoms with E-state index in [4.69, 9.17) is 9.15 Å². The molecule has 0 spiro atoms. The van der Waals surface area contributed by atoms with Gasteiger partial charge in [0, 0.05) is 35.2 Å². The second-order valence-electron chi connectivity index (χ2n) is 6.58. The summed E-state index contributed by atoms with van der Waals surface area (Å²) in [5.41, 5.74) is 2.95. The summed E-state index contributed by atoms with van der Waals surface area (Å²) in [6.07, 6.45) is 1.38. The maximum Gasteiger partial charge on any atom is 0.244 e. The first-order valence-electron chi connectivity index (χ1n) is 8.79. The lowest BCUT2D eigenvalue weighted by Gasteiger charge is -2.10. The summed E-state index contributed by atoms with van der Waals surface area (Å²) in [5, 5.41) is 3.46. The lowest BCUT2D eigenvalue weighted by atomic mass is 10.0. The van der Waals surface area contributed by atoms with E-state index in [0.717, 1.165) is 34.4 Å². The van der Waals surface area contributed by atoms with Crippen molar-refractivity contribution in [3.8, 4) is 5.75 Å². The number of nitrogens with one attached hydrogen (secondary N) is 1. The van der Waals surface area contributed by atoms with Crippen LogP contribution in [0.2, 0.25) is 0 Å². The number of benzene rings is 2. The predicted octanol–water partition coefficient (Wildman–Crippen LogP) is 5.06. The normalized spacial score (nSPS) is 11.7. The Morgan fingerprint density at radius 1 is 1.21 bits per heavy atom. The van der Waals surface area contributed by atoms with Crippen molar-refractivity contribution in [2.24, 2.45) is 0 Å². The minimum atomic E-state index is -0.695. The number of hydrogen-bond acceptors (Lipinski definition) is 3. The Morgan fingerprint density at radius 2 is 1.89 bits per heavy atom. The zero-order valence-electron chi connectivity index (χ0n) is 16.2. The number of aryl methyl sites for hydroxylation is 2. The molecule has 0 aliphatic carbocycles. The van der Waals surface area contributed by atoms with Crippen molar-refractivity contribution >= 4 is 22.4 Å². The zero-order valence-corrected chi connectivity index (χ0v) is 16.2. The third-order valence-corrected chi connectivity index (χ3v) is 4.77. The Hall–Kier alpha value is -3.15. The molecular weight excluding hydrogens is 364 g/mol. The molecule has 3 aromatic rings. The standard InChI is InChI=1S/C22H21F2NO3/c1-12(8-22(26)25-11-17-18(23)6-5-7-19(17)24)15-9-16-13(2)14(3)28-21(16)10-20(15)27-4/h5-10H,11H2,1-4H3,(H,25,26)/b12-8+. The second kappa shape index (κ2) is 7.84. The molecule has 2 aromatic carbocycles. The van der Waals surface area contributed by atoms with E-state index in [1.54, 1.807) is 20.1 Å². The molecule has 0 aliphatic heterocycles. The highest BCUT2D eigenvalue weighted by atomic mass is 19.1. The predicted molar refractivity (Wildman–Crippen MR) is 104 cm³/mol. The van der Waals surface area contributed by atoms with Gasteiger partial charge in [-0.25, -0.2) is 8.78 Å². The number of carbonyl (C=O) groups excluding carboxylic acids is 1. The molecular formula is C22H21F2NO3. The number of halogens is 2. The minimum absolute atomic E-state index is 0.176. The highest BCUT2D eigenvalue weighted by Gasteiger charge is 2.15. The summed E-state index contributed by atoms with van der Waals surface area (Å²) in [4.78, 5) is 12.3. The number of fused-ring (bicyclic) bond motifs is 1. The Bertz CT molecular complexity index is 1060. The molecule has 0 saturated heterocycles. The molecule has 0 atom stereocenters. The Balaban J connectivity index is 1.86. The van der Waals surface area contributed by atoms with Gasteiger partial charge in [-0.3, -0.25) is 4.79 Å². The van der Waals surface area contributed by atoms with Crippen molar-refractivity contribution in [1.29, 1.82) is 0 Å². The van der Waals surface area contributed by atoms with Crippen LogP contribution in [-0.2, 0) is 11.3 Å². The van der Waals surface area contributed by atoms with E-state index in [-0.39, 0.29) is 12.1 Å². The van der Waals surface area contributed by atoms with Crippen LogP contribution in [0.5, 0.6) is 5.75 Å². The number of amides is 1. The van der Waals surface area contributed by atoms with Gasteiger partial charge in [0.05, 0.1) is 7.11 Å². The van der Waals surface area contributed by atoms with E-state index >= 15 is 0 Å². The summed E-state index contributed by atoms with van der Waals surface area (Å²) < 4.78 is 38.5. The van der Waals surface area contributed by atoms with Crippen LogP contribution >= 0.6 is 0 Å². The SMILES string of the molecule is COc1cc2oc(C)c(C)c2cc1/C(C)=C/C(=O)NCc1c(F)cccc1F. The van der Waals surface area contributed by atoms with Crippen molar-refractivity contribution in [1.82, 2.24) is 5.32 Å². The average Bonchev–Trinajstić information content (AvgIpc) is 2.93. The number of allylic oxidation sites excluding steroid dienone is 1. The first kappa shape index (κ1) is 19.6. The summed E-state index contributed by atoms with van der Waals surface area (Å²) in [6, 6.07) is 7.29. The molecule has 28 heavy (non-hydrogen) atoms. The molecule has 3 rings (SSSR count). The van der Waals surface area contributed by atoms with Gasteiger partial charge in [0.25, 0.3) is 0 Å². The Morgan fingerprint density at radius 3 is 2.54 bits per heavy atom. The van der Waals surface area contributed by atoms with Crippen molar-refractivity contribution in [2.45, 2.75) is 27.3 Å². The Labute approximate surface area is 161 Å². The molecule has 0 radical (unpaired) electrons. The fourth-order valence-electron chi connectivity index (χ4n) is 3.05. The Kier molecular flexibility index (Phi) is 5.49. The van der Waals surface area contributed by atoms with Gasteiger partial charge < -0.3 is 14.5 Å². The molecule has 1 heterocycles. The number of furan rings is 1. The van der Waals surface area contributed by atoms with E-state index in [1.165, 1.54) is 12.1 Å². The first-order valence-corrected chi connectivity index (χ1v) is 8.79. The number of methoxy groups -OCH3 is 1. The van der Waals surface area contributed by atoms with Gasteiger partial charge in [-0.05, 0) is 50.1 Å². The maximum absolute atomic E-state index is 13.7. The summed E-state index contributed by atoms with van der Waals surface area (Å²) in [5.74, 6) is -0.455. The van der Waals surface area contributed by atoms with E-state index in [2.05, 4.69) is 5.32 Å². The number of hydrogen-bond donors (Lipinski definition) is 1. The van der Waals surface area contributed by atoms with Gasteiger partial charge in [0.2, 0.25) is 5.91 Å². The van der Waals surface area contributed by atoms with Crippen LogP contribution in [0.15, 0.2) is 40.8 Å². The summed E-state index contributed by atoms with van der Waals surface area (Å²) in [6.45, 7) is 5.39. The minimum Gasteiger partial charge on any atom is -0.496 e. The number of ether oxygens (including phenoxy) is 1. The lowest BCUT2D eigenvalue weighted by Crippen LogP contribution is -2.22. The third-order valence-electron chi connectivity index (χ3n) is 4.77. The molecule has 146 valence electrons. The lowest BCUT2D eigenvalue weighted by molar-refractivity contribution is -0.116. The summed E-state index contributed by atoms with van der Waals surface area (Å²) in [7, 11) is 1.54. The average molecular weight is 385 g/mol. The van der Waals surface area contributed by atoms with Crippen molar-refractivity contribution < 1.29 is 22.7 Å². The van der Waals surface area contributed by atoms with Crippen LogP contribution in [0.4, 0.5) is 8.78 Å². The van der Waals surface area contributed by atoms with Crippen LogP contribution in [0, 0.1) is 25.5 Å². The zero-order chi connectivity index (χ0) is 20.4. The van der Waals surface area contributed by atoms with Gasteiger partial charge in [-0.1, -0.05) is 6.07 Å². The van der Waals surface area contributed by atoms with Gasteiger partial charge in [-0.15, -0.1) is 0 Å². The number of rotatable bonds is 5. The molecule has 0 aliphatic rings. The molecule has 0 unspecified atom stereocenters. The van der Waals surface area contributed by atoms with Gasteiger partial charge in [0.1, 0.15) is 28.7 Å². The fourth-order valence-corrected chi connectivity index (χ4v) is 3.05. The maximum atomic E-state index is 13.7. The van der Waals surface area contributed by atoms with Crippen LogP contribution in [0.25, 0.3) is 16.5 Å². The van der Waals surface area contributed by atoms with E-state index in [1.807, 2.05) is 19.9 Å². The second-order valence-corrected chi connectivity index (χ2v) is 6.58. The monoisotopic (exact) mass is 385 g/mol. The molecule has 4 nitrogen and oxygen atoms in total. The van der Waals surface area contributed by atoms with Gasteiger partial charge in [0.15, 0.2) is 0 Å². The van der Waals surface area contributed by atoms with Crippen LogP contribution in [0.1, 0.15) is 29.4 Å². The van der Waals surface area contributed by atoms with Gasteiger partial charge in [-0.2, -0.15) is 0 Å². The van der Waals surface area contributed by atoms with Crippen LogP contribution in [-0.4, -0.2) is 13.0 Å². The molecule has 6 heteroatoms. The molecule has 1 amide bonds. The highest BCUT2D eigenvalue weighted by Crippen LogP contribution is 2.34. The fraction of sp³-hybridized carbons (Fsp3) is 0.227. The van der Waals surface area contributed by atoms with Crippen molar-refractivity contribution in [3.63, 3.8) is 0 Å². The van der Waals surface area contributed by atoms with E-state index < -0.39 is 17.5 Å². The third kappa shape index (κ3) is 3.76. The van der Waals surface area contributed by atoms with Crippen LogP contribution < -0.4 is 10.1 Å². The largest absolute Gasteiger partial charge is 0.496 e. The smallest absolute Gasteiger partial charge is 0.244 e. The highest BCUT2D eigenvalue weighted by molar-refractivity contribution is 5.97.